The van der Waals surface area contributed by atoms with E-state index in [-0.39, 0.29) is 5.91 Å². The van der Waals surface area contributed by atoms with Gasteiger partial charge in [0.25, 0.3) is 0 Å². The molecule has 7 heteroatoms. The van der Waals surface area contributed by atoms with E-state index in [1.807, 2.05) is 0 Å². The summed E-state index contributed by atoms with van der Waals surface area (Å²) >= 11 is 0. The van der Waals surface area contributed by atoms with Gasteiger partial charge >= 0.3 is 0 Å². The molecule has 1 rings (SSSR count). The average Bonchev–Trinajstić information content (AvgIpc) is 2.28. The summed E-state index contributed by atoms with van der Waals surface area (Å²) in [6, 6.07) is -0.856. The fourth-order valence-corrected chi connectivity index (χ4v) is 1.78. The van der Waals surface area contributed by atoms with Crippen molar-refractivity contribution in [3.05, 3.63) is 0 Å². The minimum Gasteiger partial charge on any atom is -0.394 e. The maximum absolute atomic E-state index is 11.0. The molecular formula is C10H19NO6. The number of rotatable bonds is 4. The molecule has 17 heavy (non-hydrogen) atoms. The highest BCUT2D eigenvalue weighted by Gasteiger charge is 2.45. The summed E-state index contributed by atoms with van der Waals surface area (Å²) in [7, 11) is 0. The number of aliphatic hydroxyl groups excluding tert-OH is 3. The summed E-state index contributed by atoms with van der Waals surface area (Å²) in [4.78, 5) is 11.0. The number of ether oxygens (including phenoxy) is 2. The quantitative estimate of drug-likeness (QED) is 0.457. The molecule has 7 nitrogen and oxygen atoms in total. The Kier molecular flexibility index (Phi) is 5.29. The molecule has 0 aromatic carbocycles. The fourth-order valence-electron chi connectivity index (χ4n) is 1.78. The highest BCUT2D eigenvalue weighted by Crippen LogP contribution is 2.21. The van der Waals surface area contributed by atoms with E-state index < -0.39 is 37.3 Å². The Morgan fingerprint density at radius 3 is 2.53 bits per heavy atom. The summed E-state index contributed by atoms with van der Waals surface area (Å²) in [6.45, 7) is 2.91. The number of hydrogen-bond donors (Lipinski definition) is 4. The van der Waals surface area contributed by atoms with Crippen molar-refractivity contribution in [1.29, 1.82) is 0 Å². The number of hydrogen-bond acceptors (Lipinski definition) is 6. The molecule has 0 radical (unpaired) electrons. The molecule has 0 bridgehead atoms. The number of nitrogens with one attached hydrogen (secondary N) is 1. The van der Waals surface area contributed by atoms with Crippen LogP contribution in [0.15, 0.2) is 0 Å². The van der Waals surface area contributed by atoms with Crippen LogP contribution in [0.5, 0.6) is 0 Å². The molecule has 0 aliphatic carbocycles. The number of amides is 1. The van der Waals surface area contributed by atoms with Crippen LogP contribution in [0, 0.1) is 0 Å². The van der Waals surface area contributed by atoms with Crippen molar-refractivity contribution >= 4 is 5.91 Å². The lowest BCUT2D eigenvalue weighted by Gasteiger charge is -2.42. The zero-order valence-electron chi connectivity index (χ0n) is 9.87. The maximum atomic E-state index is 11.0. The minimum absolute atomic E-state index is 0.321. The molecule has 4 N–H and O–H groups in total. The SMILES string of the molecule is CCO[C@H]1O[C@H](CO)[C@H](O)[C@H](O)[C@H]1NC(C)=O. The van der Waals surface area contributed by atoms with Crippen LogP contribution in [-0.4, -0.2) is 65.1 Å². The van der Waals surface area contributed by atoms with E-state index in [9.17, 15) is 15.0 Å². The van der Waals surface area contributed by atoms with E-state index in [2.05, 4.69) is 5.32 Å². The van der Waals surface area contributed by atoms with E-state index in [0.29, 0.717) is 6.61 Å². The zero-order chi connectivity index (χ0) is 13.0. The van der Waals surface area contributed by atoms with Gasteiger partial charge in [0.1, 0.15) is 24.4 Å². The van der Waals surface area contributed by atoms with Gasteiger partial charge in [-0.25, -0.2) is 0 Å². The third-order valence-electron chi connectivity index (χ3n) is 2.58. The van der Waals surface area contributed by atoms with Crippen molar-refractivity contribution in [3.63, 3.8) is 0 Å². The second-order valence-electron chi connectivity index (χ2n) is 3.89. The summed E-state index contributed by atoms with van der Waals surface area (Å²) < 4.78 is 10.5. The second kappa shape index (κ2) is 6.27. The first-order chi connectivity index (χ1) is 8.01. The minimum atomic E-state index is -1.27. The van der Waals surface area contributed by atoms with Crippen molar-refractivity contribution in [3.8, 4) is 0 Å². The summed E-state index contributed by atoms with van der Waals surface area (Å²) in [5, 5.41) is 31.0. The molecule has 5 atom stereocenters. The highest BCUT2D eigenvalue weighted by atomic mass is 16.7. The lowest BCUT2D eigenvalue weighted by Crippen LogP contribution is -2.64. The lowest BCUT2D eigenvalue weighted by atomic mass is 9.97. The van der Waals surface area contributed by atoms with Crippen LogP contribution in [-0.2, 0) is 14.3 Å². The highest BCUT2D eigenvalue weighted by molar-refractivity contribution is 5.73. The lowest BCUT2D eigenvalue weighted by molar-refractivity contribution is -0.268. The standard InChI is InChI=1S/C10H19NO6/c1-3-16-10-7(11-5(2)13)9(15)8(14)6(4-12)17-10/h6-10,12,14-15H,3-4H2,1-2H3,(H,11,13)/t6-,7-,8+,9-,10+/m1/s1. The molecule has 1 aliphatic heterocycles. The van der Waals surface area contributed by atoms with Crippen molar-refractivity contribution < 1.29 is 29.6 Å². The van der Waals surface area contributed by atoms with Crippen molar-refractivity contribution in [2.45, 2.75) is 44.5 Å². The average molecular weight is 249 g/mol. The first-order valence-corrected chi connectivity index (χ1v) is 5.52. The molecule has 0 aromatic rings. The predicted octanol–water partition coefficient (Wildman–Crippen LogP) is -2.03. The van der Waals surface area contributed by atoms with Gasteiger partial charge in [-0.2, -0.15) is 0 Å². The number of carbonyl (C=O) groups is 1. The Hall–Kier alpha value is -0.730. The van der Waals surface area contributed by atoms with E-state index in [1.165, 1.54) is 6.92 Å². The van der Waals surface area contributed by atoms with E-state index in [4.69, 9.17) is 14.6 Å². The third-order valence-corrected chi connectivity index (χ3v) is 2.58. The normalized spacial score (nSPS) is 37.8. The molecule has 0 spiro atoms. The summed E-state index contributed by atoms with van der Waals surface area (Å²) in [5.41, 5.74) is 0. The van der Waals surface area contributed by atoms with Crippen molar-refractivity contribution in [2.24, 2.45) is 0 Å². The van der Waals surface area contributed by atoms with Crippen LogP contribution in [0.4, 0.5) is 0 Å². The van der Waals surface area contributed by atoms with Gasteiger partial charge < -0.3 is 30.1 Å². The van der Waals surface area contributed by atoms with Crippen LogP contribution in [0.3, 0.4) is 0 Å². The molecule has 0 saturated carbocycles. The van der Waals surface area contributed by atoms with Gasteiger partial charge in [-0.05, 0) is 6.92 Å². The Balaban J connectivity index is 2.78. The molecule has 1 amide bonds. The van der Waals surface area contributed by atoms with Crippen molar-refractivity contribution in [1.82, 2.24) is 5.32 Å². The monoisotopic (exact) mass is 249 g/mol. The van der Waals surface area contributed by atoms with Crippen LogP contribution in [0.25, 0.3) is 0 Å². The van der Waals surface area contributed by atoms with Gasteiger partial charge in [0.2, 0.25) is 5.91 Å². The molecule has 0 aromatic heterocycles. The Bertz CT molecular complexity index is 261. The molecule has 1 aliphatic rings. The van der Waals surface area contributed by atoms with Gasteiger partial charge in [0.05, 0.1) is 6.61 Å². The number of aliphatic hydroxyl groups is 3. The smallest absolute Gasteiger partial charge is 0.217 e. The van der Waals surface area contributed by atoms with Gasteiger partial charge in [0, 0.05) is 13.5 Å². The Morgan fingerprint density at radius 2 is 2.06 bits per heavy atom. The van der Waals surface area contributed by atoms with Gasteiger partial charge in [0.15, 0.2) is 6.29 Å². The zero-order valence-corrected chi connectivity index (χ0v) is 9.87. The van der Waals surface area contributed by atoms with Gasteiger partial charge in [-0.1, -0.05) is 0 Å². The van der Waals surface area contributed by atoms with Crippen LogP contribution >= 0.6 is 0 Å². The predicted molar refractivity (Wildman–Crippen MR) is 57.0 cm³/mol. The Morgan fingerprint density at radius 1 is 1.41 bits per heavy atom. The summed E-state index contributed by atoms with van der Waals surface area (Å²) in [5.74, 6) is -0.364. The molecule has 100 valence electrons. The molecule has 0 unspecified atom stereocenters. The van der Waals surface area contributed by atoms with E-state index in [1.54, 1.807) is 6.92 Å². The first kappa shape index (κ1) is 14.3. The molecular weight excluding hydrogens is 230 g/mol. The molecule has 1 saturated heterocycles. The molecule has 1 heterocycles. The summed E-state index contributed by atoms with van der Waals surface area (Å²) in [6.07, 6.45) is -4.33. The maximum Gasteiger partial charge on any atom is 0.217 e. The van der Waals surface area contributed by atoms with Crippen LogP contribution in [0.1, 0.15) is 13.8 Å². The van der Waals surface area contributed by atoms with Crippen LogP contribution in [0.2, 0.25) is 0 Å². The Labute approximate surface area is 99.3 Å². The van der Waals surface area contributed by atoms with E-state index in [0.717, 1.165) is 0 Å². The first-order valence-electron chi connectivity index (χ1n) is 5.52. The third kappa shape index (κ3) is 3.36. The van der Waals surface area contributed by atoms with Gasteiger partial charge in [-0.15, -0.1) is 0 Å². The second-order valence-corrected chi connectivity index (χ2v) is 3.89. The van der Waals surface area contributed by atoms with Crippen LogP contribution < -0.4 is 5.32 Å². The largest absolute Gasteiger partial charge is 0.394 e. The topological polar surface area (TPSA) is 108 Å². The fraction of sp³-hybridized carbons (Fsp3) is 0.900. The van der Waals surface area contributed by atoms with E-state index >= 15 is 0 Å². The van der Waals surface area contributed by atoms with Crippen molar-refractivity contribution in [2.75, 3.05) is 13.2 Å². The van der Waals surface area contributed by atoms with Gasteiger partial charge in [-0.3, -0.25) is 4.79 Å². The molecule has 1 fully saturated rings. The number of carbonyl (C=O) groups excluding carboxylic acids is 1.